The maximum atomic E-state index is 6.08. The predicted molar refractivity (Wildman–Crippen MR) is 78.3 cm³/mol. The molecule has 1 nitrogen and oxygen atoms in total. The van der Waals surface area contributed by atoms with Gasteiger partial charge in [0.1, 0.15) is 0 Å². The molecule has 1 heterocycles. The van der Waals surface area contributed by atoms with E-state index < -0.39 is 0 Å². The Morgan fingerprint density at radius 2 is 2.38 bits per heavy atom. The number of thiophene rings is 1. The van der Waals surface area contributed by atoms with Crippen molar-refractivity contribution in [1.82, 2.24) is 5.32 Å². The first-order valence-corrected chi connectivity index (χ1v) is 7.74. The van der Waals surface area contributed by atoms with E-state index in [0.29, 0.717) is 0 Å². The fourth-order valence-corrected chi connectivity index (χ4v) is 3.51. The standard InChI is InChI=1S/C11H15Cl2NS2/c1-3-5-15-6-4-14-8(2)9-7-10(12)16-11(9)13/h3,7-8,14H,1,4-6H2,2H3. The molecule has 0 aliphatic rings. The second-order valence-corrected chi connectivity index (χ2v) is 6.75. The van der Waals surface area contributed by atoms with E-state index in [2.05, 4.69) is 18.8 Å². The molecule has 5 heteroatoms. The molecule has 1 rings (SSSR count). The Balaban J connectivity index is 2.32. The highest BCUT2D eigenvalue weighted by molar-refractivity contribution is 7.99. The average molecular weight is 296 g/mol. The zero-order chi connectivity index (χ0) is 12.0. The van der Waals surface area contributed by atoms with E-state index >= 15 is 0 Å². The number of nitrogens with one attached hydrogen (secondary N) is 1. The Morgan fingerprint density at radius 1 is 1.62 bits per heavy atom. The SMILES string of the molecule is C=CCSCCNC(C)c1cc(Cl)sc1Cl. The third-order valence-electron chi connectivity index (χ3n) is 2.08. The van der Waals surface area contributed by atoms with E-state index in [9.17, 15) is 0 Å². The number of thioether (sulfide) groups is 1. The summed E-state index contributed by atoms with van der Waals surface area (Å²) in [5, 5.41) is 3.42. The van der Waals surface area contributed by atoms with Crippen LogP contribution >= 0.6 is 46.3 Å². The smallest absolute Gasteiger partial charge is 0.0991 e. The molecule has 0 saturated heterocycles. The lowest BCUT2D eigenvalue weighted by Crippen LogP contribution is -2.21. The van der Waals surface area contributed by atoms with Crippen LogP contribution in [0.15, 0.2) is 18.7 Å². The van der Waals surface area contributed by atoms with Gasteiger partial charge in [-0.3, -0.25) is 0 Å². The molecule has 0 radical (unpaired) electrons. The zero-order valence-corrected chi connectivity index (χ0v) is 12.3. The Hall–Kier alpha value is 0.330. The van der Waals surface area contributed by atoms with E-state index in [-0.39, 0.29) is 6.04 Å². The minimum absolute atomic E-state index is 0.251. The molecule has 0 bridgehead atoms. The molecule has 1 unspecified atom stereocenters. The summed E-state index contributed by atoms with van der Waals surface area (Å²) in [5.74, 6) is 2.08. The van der Waals surface area contributed by atoms with Gasteiger partial charge in [-0.1, -0.05) is 29.3 Å². The van der Waals surface area contributed by atoms with E-state index in [1.807, 2.05) is 23.9 Å². The molecule has 90 valence electrons. The third kappa shape index (κ3) is 4.68. The van der Waals surface area contributed by atoms with Crippen molar-refractivity contribution in [2.45, 2.75) is 13.0 Å². The summed E-state index contributed by atoms with van der Waals surface area (Å²) in [6, 6.07) is 2.18. The van der Waals surface area contributed by atoms with Crippen molar-refractivity contribution >= 4 is 46.3 Å². The van der Waals surface area contributed by atoms with Crippen LogP contribution in [-0.4, -0.2) is 18.1 Å². The molecular formula is C11H15Cl2NS2. The quantitative estimate of drug-likeness (QED) is 0.582. The molecule has 0 aromatic carbocycles. The van der Waals surface area contributed by atoms with Gasteiger partial charge >= 0.3 is 0 Å². The van der Waals surface area contributed by atoms with Crippen LogP contribution in [0.25, 0.3) is 0 Å². The van der Waals surface area contributed by atoms with Gasteiger partial charge in [-0.05, 0) is 18.6 Å². The van der Waals surface area contributed by atoms with Gasteiger partial charge in [0.25, 0.3) is 0 Å². The Morgan fingerprint density at radius 3 is 2.94 bits per heavy atom. The van der Waals surface area contributed by atoms with Crippen molar-refractivity contribution in [3.63, 3.8) is 0 Å². The second-order valence-electron chi connectivity index (χ2n) is 3.32. The molecule has 0 amide bonds. The van der Waals surface area contributed by atoms with Crippen LogP contribution in [0.4, 0.5) is 0 Å². The van der Waals surface area contributed by atoms with Gasteiger partial charge in [-0.25, -0.2) is 0 Å². The molecule has 1 N–H and O–H groups in total. The highest BCUT2D eigenvalue weighted by Gasteiger charge is 2.12. The van der Waals surface area contributed by atoms with Gasteiger partial charge in [0.2, 0.25) is 0 Å². The molecule has 0 aliphatic carbocycles. The van der Waals surface area contributed by atoms with E-state index in [1.54, 1.807) is 0 Å². The predicted octanol–water partition coefficient (Wildman–Crippen LogP) is 4.62. The molecular weight excluding hydrogens is 281 g/mol. The number of hydrogen-bond donors (Lipinski definition) is 1. The zero-order valence-electron chi connectivity index (χ0n) is 9.13. The lowest BCUT2D eigenvalue weighted by molar-refractivity contribution is 0.603. The van der Waals surface area contributed by atoms with Crippen LogP contribution in [-0.2, 0) is 0 Å². The normalized spacial score (nSPS) is 12.7. The Labute approximate surface area is 115 Å². The van der Waals surface area contributed by atoms with Gasteiger partial charge in [-0.2, -0.15) is 11.8 Å². The minimum atomic E-state index is 0.251. The van der Waals surface area contributed by atoms with Crippen molar-refractivity contribution < 1.29 is 0 Å². The van der Waals surface area contributed by atoms with Gasteiger partial charge in [0.15, 0.2) is 0 Å². The topological polar surface area (TPSA) is 12.0 Å². The van der Waals surface area contributed by atoms with Crippen molar-refractivity contribution in [3.8, 4) is 0 Å². The summed E-state index contributed by atoms with van der Waals surface area (Å²) in [4.78, 5) is 0. The number of rotatable bonds is 7. The van der Waals surface area contributed by atoms with Gasteiger partial charge < -0.3 is 5.32 Å². The van der Waals surface area contributed by atoms with Crippen molar-refractivity contribution in [3.05, 3.63) is 33.0 Å². The maximum absolute atomic E-state index is 6.08. The third-order valence-corrected chi connectivity index (χ3v) is 4.56. The van der Waals surface area contributed by atoms with Gasteiger partial charge in [-0.15, -0.1) is 17.9 Å². The molecule has 0 saturated carbocycles. The largest absolute Gasteiger partial charge is 0.309 e. The van der Waals surface area contributed by atoms with Crippen LogP contribution in [0.3, 0.4) is 0 Å². The van der Waals surface area contributed by atoms with Crippen LogP contribution in [0.2, 0.25) is 8.67 Å². The van der Waals surface area contributed by atoms with Crippen molar-refractivity contribution in [2.75, 3.05) is 18.1 Å². The first kappa shape index (κ1) is 14.4. The Kier molecular flexibility index (Phi) is 6.85. The summed E-state index contributed by atoms with van der Waals surface area (Å²) in [5.41, 5.74) is 1.09. The molecule has 0 aliphatic heterocycles. The molecule has 16 heavy (non-hydrogen) atoms. The average Bonchev–Trinajstić information content (AvgIpc) is 2.57. The van der Waals surface area contributed by atoms with Crippen molar-refractivity contribution in [1.29, 1.82) is 0 Å². The first-order valence-electron chi connectivity index (χ1n) is 5.02. The second kappa shape index (κ2) is 7.62. The molecule has 0 fully saturated rings. The van der Waals surface area contributed by atoms with E-state index in [1.165, 1.54) is 11.3 Å². The summed E-state index contributed by atoms with van der Waals surface area (Å²) in [7, 11) is 0. The first-order chi connectivity index (χ1) is 7.65. The van der Waals surface area contributed by atoms with E-state index in [4.69, 9.17) is 23.2 Å². The molecule has 1 aromatic heterocycles. The fraction of sp³-hybridized carbons (Fsp3) is 0.455. The summed E-state index contributed by atoms with van der Waals surface area (Å²) in [6.07, 6.45) is 1.92. The molecule has 1 aromatic rings. The summed E-state index contributed by atoms with van der Waals surface area (Å²) >= 11 is 15.3. The number of hydrogen-bond acceptors (Lipinski definition) is 3. The molecule has 0 spiro atoms. The van der Waals surface area contributed by atoms with Crippen molar-refractivity contribution in [2.24, 2.45) is 0 Å². The maximum Gasteiger partial charge on any atom is 0.0991 e. The van der Waals surface area contributed by atoms with E-state index in [0.717, 1.165) is 32.3 Å². The lowest BCUT2D eigenvalue weighted by atomic mass is 10.2. The van der Waals surface area contributed by atoms with Crippen LogP contribution < -0.4 is 5.32 Å². The summed E-state index contributed by atoms with van der Waals surface area (Å²) in [6.45, 7) is 6.74. The van der Waals surface area contributed by atoms with Crippen LogP contribution in [0.1, 0.15) is 18.5 Å². The van der Waals surface area contributed by atoms with Crippen LogP contribution in [0.5, 0.6) is 0 Å². The fourth-order valence-electron chi connectivity index (χ4n) is 1.27. The molecule has 1 atom stereocenters. The lowest BCUT2D eigenvalue weighted by Gasteiger charge is -2.12. The Bertz CT molecular complexity index is 339. The monoisotopic (exact) mass is 295 g/mol. The highest BCUT2D eigenvalue weighted by atomic mass is 35.5. The van der Waals surface area contributed by atoms with Gasteiger partial charge in [0, 0.05) is 24.1 Å². The number of halogens is 2. The minimum Gasteiger partial charge on any atom is -0.309 e. The summed E-state index contributed by atoms with van der Waals surface area (Å²) < 4.78 is 1.53. The highest BCUT2D eigenvalue weighted by Crippen LogP contribution is 2.34. The van der Waals surface area contributed by atoms with Gasteiger partial charge in [0.05, 0.1) is 8.67 Å². The van der Waals surface area contributed by atoms with Crippen LogP contribution in [0, 0.1) is 0 Å².